The maximum atomic E-state index is 11.2. The first kappa shape index (κ1) is 42.3. The predicted octanol–water partition coefficient (Wildman–Crippen LogP) is 9.21. The lowest BCUT2D eigenvalue weighted by Crippen LogP contribution is -2.22. The zero-order valence-corrected chi connectivity index (χ0v) is 35.5. The molecule has 2 aliphatic rings. The summed E-state index contributed by atoms with van der Waals surface area (Å²) in [7, 11) is 7.97. The maximum absolute atomic E-state index is 11.2. The second kappa shape index (κ2) is 18.2. The van der Waals surface area contributed by atoms with Crippen molar-refractivity contribution >= 4 is 0 Å². The third-order valence-corrected chi connectivity index (χ3v) is 11.6. The van der Waals surface area contributed by atoms with Gasteiger partial charge < -0.3 is 57.6 Å². The fourth-order valence-corrected chi connectivity index (χ4v) is 7.94. The molecule has 1 fully saturated rings. The lowest BCUT2D eigenvalue weighted by Gasteiger charge is -2.24. The van der Waals surface area contributed by atoms with Gasteiger partial charge in [0, 0.05) is 5.56 Å². The molecule has 8 atom stereocenters. The molecule has 0 spiro atoms. The van der Waals surface area contributed by atoms with Gasteiger partial charge in [0.1, 0.15) is 30.2 Å². The molecule has 5 aromatic rings. The number of hydrogen-bond acceptors (Lipinski definition) is 12. The summed E-state index contributed by atoms with van der Waals surface area (Å²) in [5.74, 6) is 5.45. The van der Waals surface area contributed by atoms with E-state index in [2.05, 4.69) is 19.9 Å². The van der Waals surface area contributed by atoms with Crippen LogP contribution in [0.3, 0.4) is 0 Å². The number of methoxy groups -OCH3 is 5. The minimum atomic E-state index is -0.935. The highest BCUT2D eigenvalue weighted by atomic mass is 16.7. The molecule has 0 saturated carbocycles. The monoisotopic (exact) mass is 822 g/mol. The molecule has 4 unspecified atom stereocenters. The summed E-state index contributed by atoms with van der Waals surface area (Å²) < 4.78 is 58.5. The topological polar surface area (TPSA) is 133 Å². The molecule has 12 nitrogen and oxygen atoms in total. The number of fused-ring (bicyclic) bond motifs is 1. The van der Waals surface area contributed by atoms with E-state index in [9.17, 15) is 10.2 Å². The molecule has 2 aliphatic heterocycles. The van der Waals surface area contributed by atoms with Gasteiger partial charge in [-0.3, -0.25) is 0 Å². The van der Waals surface area contributed by atoms with E-state index in [-0.39, 0.29) is 30.8 Å². The van der Waals surface area contributed by atoms with Crippen LogP contribution in [0.15, 0.2) is 91.0 Å². The molecule has 0 aromatic heterocycles. The molecule has 60 heavy (non-hydrogen) atoms. The van der Waals surface area contributed by atoms with Gasteiger partial charge in [-0.25, -0.2) is 0 Å². The zero-order valence-electron chi connectivity index (χ0n) is 35.5. The van der Waals surface area contributed by atoms with Crippen LogP contribution in [0.25, 0.3) is 11.1 Å². The molecule has 318 valence electrons. The average Bonchev–Trinajstić information content (AvgIpc) is 3.88. The largest absolute Gasteiger partial charge is 0.496 e. The Morgan fingerprint density at radius 2 is 0.983 bits per heavy atom. The summed E-state index contributed by atoms with van der Waals surface area (Å²) in [6.07, 6.45) is -3.46. The smallest absolute Gasteiger partial charge is 0.231 e. The van der Waals surface area contributed by atoms with Crippen LogP contribution in [0.4, 0.5) is 0 Å². The quantitative estimate of drug-likeness (QED) is 0.0984. The van der Waals surface area contributed by atoms with E-state index in [1.807, 2.05) is 48.5 Å². The molecule has 5 aromatic carbocycles. The second-order valence-corrected chi connectivity index (χ2v) is 15.2. The molecule has 0 bridgehead atoms. The molecular formula is C48H54O12. The average molecular weight is 823 g/mol. The van der Waals surface area contributed by atoms with E-state index < -0.39 is 24.4 Å². The first-order chi connectivity index (χ1) is 29.0. The SMILES string of the molecule is COc1ccc(C(O)C(C)Oc2ccc([C@@H]3O[C@@H](c4ccc(-c5ccc(OC(C)C(O)c6ccc7c(c6)OCO7)c(OC)c5)c(OC)c4)[C@@H](C)[C@@H]3C)cc2OC)cc1OC. The van der Waals surface area contributed by atoms with Crippen LogP contribution >= 0.6 is 0 Å². The Labute approximate surface area is 351 Å². The van der Waals surface area contributed by atoms with Gasteiger partial charge in [-0.15, -0.1) is 0 Å². The minimum absolute atomic E-state index is 0.159. The van der Waals surface area contributed by atoms with Gasteiger partial charge in [0.25, 0.3) is 0 Å². The van der Waals surface area contributed by atoms with Gasteiger partial charge in [0.05, 0.1) is 47.8 Å². The van der Waals surface area contributed by atoms with Crippen molar-refractivity contribution < 1.29 is 57.6 Å². The zero-order chi connectivity index (χ0) is 42.7. The van der Waals surface area contributed by atoms with Crippen LogP contribution < -0.4 is 42.6 Å². The van der Waals surface area contributed by atoms with Gasteiger partial charge in [-0.2, -0.15) is 0 Å². The first-order valence-corrected chi connectivity index (χ1v) is 20.0. The number of aliphatic hydroxyl groups excluding tert-OH is 2. The van der Waals surface area contributed by atoms with E-state index in [1.54, 1.807) is 85.8 Å². The van der Waals surface area contributed by atoms with Gasteiger partial charge >= 0.3 is 0 Å². The number of rotatable bonds is 16. The Morgan fingerprint density at radius 3 is 1.60 bits per heavy atom. The molecule has 0 radical (unpaired) electrons. The van der Waals surface area contributed by atoms with Crippen molar-refractivity contribution in [1.29, 1.82) is 0 Å². The predicted molar refractivity (Wildman–Crippen MR) is 225 cm³/mol. The molecular weight excluding hydrogens is 769 g/mol. The van der Waals surface area contributed by atoms with Crippen molar-refractivity contribution in [3.8, 4) is 62.9 Å². The summed E-state index contributed by atoms with van der Waals surface area (Å²) >= 11 is 0. The second-order valence-electron chi connectivity index (χ2n) is 15.2. The Bertz CT molecular complexity index is 2280. The molecule has 7 rings (SSSR count). The van der Waals surface area contributed by atoms with Crippen LogP contribution in [-0.2, 0) is 4.74 Å². The summed E-state index contributed by atoms with van der Waals surface area (Å²) in [6, 6.07) is 28.3. The van der Waals surface area contributed by atoms with Crippen LogP contribution in [0.5, 0.6) is 51.7 Å². The van der Waals surface area contributed by atoms with Crippen LogP contribution in [0.1, 0.15) is 74.4 Å². The fraction of sp³-hybridized carbons (Fsp3) is 0.375. The maximum Gasteiger partial charge on any atom is 0.231 e. The highest BCUT2D eigenvalue weighted by Gasteiger charge is 2.41. The molecule has 12 heteroatoms. The Hall–Kier alpha value is -5.82. The van der Waals surface area contributed by atoms with Crippen molar-refractivity contribution in [1.82, 2.24) is 0 Å². The standard InChI is InChI=1S/C48H54O12/c1-26-27(2)48(34-14-19-39(43(24-34)55-9)59-28(3)45(49)31-12-16-36(51-5)41(21-31)53-7)60-47(26)33-10-15-35(40(23-33)52-6)30-11-18-38(42(20-30)54-8)58-29(4)46(50)32-13-17-37-44(22-32)57-25-56-37/h10-24,26-29,45-50H,25H2,1-9H3/t26-,27-,28?,29?,45?,46?,47+,48+/m0/s1. The number of benzene rings is 5. The summed E-state index contributed by atoms with van der Waals surface area (Å²) in [6.45, 7) is 8.17. The molecule has 1 saturated heterocycles. The van der Waals surface area contributed by atoms with E-state index in [1.165, 1.54) is 0 Å². The van der Waals surface area contributed by atoms with Gasteiger partial charge in [0.15, 0.2) is 46.0 Å². The molecule has 2 heterocycles. The van der Waals surface area contributed by atoms with Crippen molar-refractivity contribution in [3.63, 3.8) is 0 Å². The highest BCUT2D eigenvalue weighted by Crippen LogP contribution is 2.51. The molecule has 0 aliphatic carbocycles. The minimum Gasteiger partial charge on any atom is -0.496 e. The summed E-state index contributed by atoms with van der Waals surface area (Å²) in [5.41, 5.74) is 5.01. The Kier molecular flexibility index (Phi) is 12.8. The van der Waals surface area contributed by atoms with Crippen molar-refractivity contribution in [2.75, 3.05) is 42.3 Å². The van der Waals surface area contributed by atoms with Crippen LogP contribution in [0, 0.1) is 11.8 Å². The van der Waals surface area contributed by atoms with Gasteiger partial charge in [-0.05, 0) is 108 Å². The van der Waals surface area contributed by atoms with Crippen molar-refractivity contribution in [2.45, 2.75) is 64.3 Å². The van der Waals surface area contributed by atoms with Crippen molar-refractivity contribution in [2.24, 2.45) is 11.8 Å². The number of ether oxygens (including phenoxy) is 10. The number of aliphatic hydroxyl groups is 2. The van der Waals surface area contributed by atoms with E-state index in [0.717, 1.165) is 22.3 Å². The van der Waals surface area contributed by atoms with E-state index >= 15 is 0 Å². The van der Waals surface area contributed by atoms with E-state index in [0.29, 0.717) is 62.9 Å². The lowest BCUT2D eigenvalue weighted by atomic mass is 9.85. The lowest BCUT2D eigenvalue weighted by molar-refractivity contribution is 0.0285. The fourth-order valence-electron chi connectivity index (χ4n) is 7.94. The van der Waals surface area contributed by atoms with Crippen LogP contribution in [-0.4, -0.2) is 64.8 Å². The normalized spacial score (nSPS) is 20.1. The van der Waals surface area contributed by atoms with Crippen LogP contribution in [0.2, 0.25) is 0 Å². The third-order valence-electron chi connectivity index (χ3n) is 11.6. The third kappa shape index (κ3) is 8.45. The van der Waals surface area contributed by atoms with E-state index in [4.69, 9.17) is 47.4 Å². The van der Waals surface area contributed by atoms with Crippen molar-refractivity contribution in [3.05, 3.63) is 113 Å². The highest BCUT2D eigenvalue weighted by molar-refractivity contribution is 5.73. The summed E-state index contributed by atoms with van der Waals surface area (Å²) in [5, 5.41) is 22.3. The summed E-state index contributed by atoms with van der Waals surface area (Å²) in [4.78, 5) is 0. The molecule has 0 amide bonds. The first-order valence-electron chi connectivity index (χ1n) is 20.0. The molecule has 2 N–H and O–H groups in total. The number of hydrogen-bond donors (Lipinski definition) is 2. The van der Waals surface area contributed by atoms with Gasteiger partial charge in [0.2, 0.25) is 6.79 Å². The Balaban J connectivity index is 1.04. The Morgan fingerprint density at radius 1 is 0.500 bits per heavy atom. The van der Waals surface area contributed by atoms with Gasteiger partial charge in [-0.1, -0.05) is 50.2 Å².